The molecule has 0 saturated carbocycles. The van der Waals surface area contributed by atoms with Gasteiger partial charge in [0.2, 0.25) is 0 Å². The summed E-state index contributed by atoms with van der Waals surface area (Å²) in [5.74, 6) is 0.861. The molecule has 5 heteroatoms. The van der Waals surface area contributed by atoms with E-state index < -0.39 is 0 Å². The van der Waals surface area contributed by atoms with E-state index in [0.717, 1.165) is 23.0 Å². The van der Waals surface area contributed by atoms with Gasteiger partial charge in [0.15, 0.2) is 0 Å². The van der Waals surface area contributed by atoms with E-state index in [9.17, 15) is 0 Å². The van der Waals surface area contributed by atoms with Crippen molar-refractivity contribution in [1.29, 1.82) is 0 Å². The summed E-state index contributed by atoms with van der Waals surface area (Å²) in [6, 6.07) is 4.55. The fraction of sp³-hybridized carbons (Fsp3) is 0.429. The molecular weight excluding hydrogens is 258 g/mol. The molecule has 0 spiro atoms. The van der Waals surface area contributed by atoms with E-state index in [0.29, 0.717) is 11.3 Å². The zero-order chi connectivity index (χ0) is 13.8. The predicted octanol–water partition coefficient (Wildman–Crippen LogP) is 3.34. The molecule has 0 radical (unpaired) electrons. The van der Waals surface area contributed by atoms with Gasteiger partial charge >= 0.3 is 0 Å². The second-order valence-electron chi connectivity index (χ2n) is 4.76. The van der Waals surface area contributed by atoms with Gasteiger partial charge in [-0.15, -0.1) is 0 Å². The molecule has 2 rings (SSSR count). The van der Waals surface area contributed by atoms with Crippen LogP contribution in [0.15, 0.2) is 33.0 Å². The van der Waals surface area contributed by atoms with Crippen molar-refractivity contribution in [1.82, 2.24) is 15.3 Å². The van der Waals surface area contributed by atoms with Crippen LogP contribution in [0.25, 0.3) is 0 Å². The Labute approximate surface area is 118 Å². The lowest BCUT2D eigenvalue weighted by atomic mass is 10.2. The molecule has 0 atom stereocenters. The normalized spacial score (nSPS) is 11.2. The molecule has 1 N–H and O–H groups in total. The number of rotatable bonds is 5. The molecule has 0 aliphatic rings. The average Bonchev–Trinajstić information content (AvgIpc) is 2.67. The minimum Gasteiger partial charge on any atom is -0.436 e. The van der Waals surface area contributed by atoms with Crippen LogP contribution in [-0.4, -0.2) is 16.0 Å². The SMILES string of the molecule is Cc1nc(Sc2ccc(CNC(C)C)cn2)oc1C. The number of hydrogen-bond acceptors (Lipinski definition) is 5. The Morgan fingerprint density at radius 3 is 2.63 bits per heavy atom. The quantitative estimate of drug-likeness (QED) is 0.908. The van der Waals surface area contributed by atoms with Crippen molar-refractivity contribution in [2.24, 2.45) is 0 Å². The van der Waals surface area contributed by atoms with E-state index in [1.54, 1.807) is 0 Å². The van der Waals surface area contributed by atoms with Gasteiger partial charge in [-0.1, -0.05) is 19.9 Å². The molecule has 0 unspecified atom stereocenters. The van der Waals surface area contributed by atoms with Gasteiger partial charge < -0.3 is 9.73 Å². The highest BCUT2D eigenvalue weighted by Gasteiger charge is 2.08. The zero-order valence-corrected chi connectivity index (χ0v) is 12.5. The van der Waals surface area contributed by atoms with Gasteiger partial charge in [0, 0.05) is 18.8 Å². The monoisotopic (exact) mass is 277 g/mol. The minimum absolute atomic E-state index is 0.479. The average molecular weight is 277 g/mol. The van der Waals surface area contributed by atoms with Crippen molar-refractivity contribution in [2.75, 3.05) is 0 Å². The van der Waals surface area contributed by atoms with Gasteiger partial charge in [0.05, 0.1) is 5.69 Å². The van der Waals surface area contributed by atoms with Crippen molar-refractivity contribution in [3.8, 4) is 0 Å². The fourth-order valence-electron chi connectivity index (χ4n) is 1.47. The Balaban J connectivity index is 1.98. The molecule has 19 heavy (non-hydrogen) atoms. The first-order valence-corrected chi connectivity index (χ1v) is 7.16. The highest BCUT2D eigenvalue weighted by atomic mass is 32.2. The summed E-state index contributed by atoms with van der Waals surface area (Å²) in [6.07, 6.45) is 1.89. The Bertz CT molecular complexity index is 515. The Morgan fingerprint density at radius 2 is 2.11 bits per heavy atom. The lowest BCUT2D eigenvalue weighted by molar-refractivity contribution is 0.431. The summed E-state index contributed by atoms with van der Waals surface area (Å²) < 4.78 is 5.53. The van der Waals surface area contributed by atoms with Crippen molar-refractivity contribution in [2.45, 2.75) is 50.5 Å². The lowest BCUT2D eigenvalue weighted by Gasteiger charge is -2.07. The first-order chi connectivity index (χ1) is 9.04. The summed E-state index contributed by atoms with van der Waals surface area (Å²) in [7, 11) is 0. The third kappa shape index (κ3) is 4.08. The molecule has 2 aromatic rings. The van der Waals surface area contributed by atoms with Crippen LogP contribution < -0.4 is 5.32 Å². The van der Waals surface area contributed by atoms with Gasteiger partial charge in [0.1, 0.15) is 10.8 Å². The first kappa shape index (κ1) is 14.1. The molecule has 0 amide bonds. The second-order valence-corrected chi connectivity index (χ2v) is 5.74. The van der Waals surface area contributed by atoms with E-state index in [2.05, 4.69) is 35.2 Å². The molecule has 0 fully saturated rings. The van der Waals surface area contributed by atoms with Crippen LogP contribution in [0.5, 0.6) is 0 Å². The van der Waals surface area contributed by atoms with Crippen molar-refractivity contribution in [3.63, 3.8) is 0 Å². The maximum atomic E-state index is 5.53. The third-order valence-electron chi connectivity index (χ3n) is 2.71. The topological polar surface area (TPSA) is 51.0 Å². The number of oxazole rings is 1. The molecule has 0 aliphatic carbocycles. The van der Waals surface area contributed by atoms with E-state index >= 15 is 0 Å². The Hall–Kier alpha value is -1.33. The van der Waals surface area contributed by atoms with Gasteiger partial charge in [-0.2, -0.15) is 0 Å². The maximum Gasteiger partial charge on any atom is 0.262 e. The molecule has 102 valence electrons. The first-order valence-electron chi connectivity index (χ1n) is 6.35. The van der Waals surface area contributed by atoms with Crippen LogP contribution >= 0.6 is 11.8 Å². The molecule has 4 nitrogen and oxygen atoms in total. The predicted molar refractivity (Wildman–Crippen MR) is 76.3 cm³/mol. The van der Waals surface area contributed by atoms with Crippen LogP contribution in [0, 0.1) is 13.8 Å². The van der Waals surface area contributed by atoms with Gasteiger partial charge in [-0.25, -0.2) is 9.97 Å². The molecule has 2 aromatic heterocycles. The Kier molecular flexibility index (Phi) is 4.61. The molecule has 2 heterocycles. The number of nitrogens with zero attached hydrogens (tertiary/aromatic N) is 2. The summed E-state index contributed by atoms with van der Waals surface area (Å²) in [4.78, 5) is 8.75. The molecule has 0 aliphatic heterocycles. The summed E-state index contributed by atoms with van der Waals surface area (Å²) in [5.41, 5.74) is 2.11. The van der Waals surface area contributed by atoms with E-state index in [-0.39, 0.29) is 0 Å². The maximum absolute atomic E-state index is 5.53. The van der Waals surface area contributed by atoms with Gasteiger partial charge in [0.25, 0.3) is 5.22 Å². The molecular formula is C14H19N3OS. The summed E-state index contributed by atoms with van der Waals surface area (Å²) >= 11 is 1.45. The minimum atomic E-state index is 0.479. The van der Waals surface area contributed by atoms with Crippen LogP contribution in [0.4, 0.5) is 0 Å². The highest BCUT2D eigenvalue weighted by molar-refractivity contribution is 7.99. The van der Waals surface area contributed by atoms with Crippen LogP contribution in [0.2, 0.25) is 0 Å². The van der Waals surface area contributed by atoms with Crippen molar-refractivity contribution >= 4 is 11.8 Å². The summed E-state index contributed by atoms with van der Waals surface area (Å²) in [5, 5.41) is 4.91. The number of aromatic nitrogens is 2. The van der Waals surface area contributed by atoms with Crippen molar-refractivity contribution < 1.29 is 4.42 Å². The molecule has 0 bridgehead atoms. The smallest absolute Gasteiger partial charge is 0.262 e. The standard InChI is InChI=1S/C14H19N3OS/c1-9(2)15-7-12-5-6-13(16-8-12)19-14-17-10(3)11(4)18-14/h5-6,8-9,15H,7H2,1-4H3. The Morgan fingerprint density at radius 1 is 1.32 bits per heavy atom. The number of pyridine rings is 1. The van der Waals surface area contributed by atoms with E-state index in [1.807, 2.05) is 26.1 Å². The van der Waals surface area contributed by atoms with E-state index in [4.69, 9.17) is 4.42 Å². The number of nitrogens with one attached hydrogen (secondary N) is 1. The number of hydrogen-bond donors (Lipinski definition) is 1. The van der Waals surface area contributed by atoms with Gasteiger partial charge in [-0.05, 0) is 37.2 Å². The molecule has 0 saturated heterocycles. The van der Waals surface area contributed by atoms with Crippen molar-refractivity contribution in [3.05, 3.63) is 35.3 Å². The lowest BCUT2D eigenvalue weighted by Crippen LogP contribution is -2.21. The largest absolute Gasteiger partial charge is 0.436 e. The zero-order valence-electron chi connectivity index (χ0n) is 11.7. The molecule has 0 aromatic carbocycles. The van der Waals surface area contributed by atoms with E-state index in [1.165, 1.54) is 17.3 Å². The summed E-state index contributed by atoms with van der Waals surface area (Å²) in [6.45, 7) is 8.96. The van der Waals surface area contributed by atoms with Crippen LogP contribution in [0.3, 0.4) is 0 Å². The third-order valence-corrected chi connectivity index (χ3v) is 3.51. The van der Waals surface area contributed by atoms with Gasteiger partial charge in [-0.3, -0.25) is 0 Å². The van der Waals surface area contributed by atoms with Crippen LogP contribution in [0.1, 0.15) is 30.9 Å². The van der Waals surface area contributed by atoms with Crippen LogP contribution in [-0.2, 0) is 6.54 Å². The second kappa shape index (κ2) is 6.21. The fourth-order valence-corrected chi connectivity index (χ4v) is 2.24. The highest BCUT2D eigenvalue weighted by Crippen LogP contribution is 2.26. The number of aryl methyl sites for hydroxylation is 2.